The molecule has 0 amide bonds. The fourth-order valence-corrected chi connectivity index (χ4v) is 3.03. The van der Waals surface area contributed by atoms with Crippen LogP contribution in [-0.2, 0) is 0 Å². The number of benzene rings is 1. The summed E-state index contributed by atoms with van der Waals surface area (Å²) in [5.41, 5.74) is 1.10. The monoisotopic (exact) mass is 269 g/mol. The molecular formula is C17H23N3. The Morgan fingerprint density at radius 1 is 1.15 bits per heavy atom. The molecule has 106 valence electrons. The van der Waals surface area contributed by atoms with Gasteiger partial charge in [0, 0.05) is 18.5 Å². The van der Waals surface area contributed by atoms with Crippen molar-refractivity contribution in [2.24, 2.45) is 5.92 Å². The van der Waals surface area contributed by atoms with Crippen LogP contribution in [0, 0.1) is 5.92 Å². The summed E-state index contributed by atoms with van der Waals surface area (Å²) in [7, 11) is 2.04. The average molecular weight is 269 g/mol. The van der Waals surface area contributed by atoms with Crippen LogP contribution in [0.15, 0.2) is 36.4 Å². The Labute approximate surface area is 121 Å². The quantitative estimate of drug-likeness (QED) is 0.924. The number of nitrogens with one attached hydrogen (secondary N) is 1. The van der Waals surface area contributed by atoms with Gasteiger partial charge in [-0.2, -0.15) is 0 Å². The molecule has 1 aliphatic rings. The van der Waals surface area contributed by atoms with Crippen LogP contribution in [0.2, 0.25) is 0 Å². The molecule has 0 spiro atoms. The van der Waals surface area contributed by atoms with Gasteiger partial charge in [-0.3, -0.25) is 0 Å². The molecule has 0 aliphatic carbocycles. The number of para-hydroxylation sites is 1. The fourth-order valence-electron chi connectivity index (χ4n) is 3.03. The summed E-state index contributed by atoms with van der Waals surface area (Å²) < 4.78 is 0. The first kappa shape index (κ1) is 13.4. The molecule has 0 bridgehead atoms. The summed E-state index contributed by atoms with van der Waals surface area (Å²) in [6.07, 6.45) is 3.88. The molecule has 2 aromatic rings. The van der Waals surface area contributed by atoms with Gasteiger partial charge in [-0.15, -0.1) is 0 Å². The van der Waals surface area contributed by atoms with Gasteiger partial charge in [0.05, 0.1) is 5.52 Å². The van der Waals surface area contributed by atoms with Crippen molar-refractivity contribution >= 4 is 16.7 Å². The summed E-state index contributed by atoms with van der Waals surface area (Å²) in [4.78, 5) is 7.23. The normalized spacial score (nSPS) is 16.8. The molecule has 20 heavy (non-hydrogen) atoms. The number of hydrogen-bond acceptors (Lipinski definition) is 3. The molecule has 1 fully saturated rings. The second kappa shape index (κ2) is 6.23. The van der Waals surface area contributed by atoms with Crippen LogP contribution in [0.25, 0.3) is 10.9 Å². The highest BCUT2D eigenvalue weighted by molar-refractivity contribution is 5.80. The maximum atomic E-state index is 4.80. The second-order valence-corrected chi connectivity index (χ2v) is 5.68. The van der Waals surface area contributed by atoms with E-state index in [1.807, 2.05) is 7.05 Å². The largest absolute Gasteiger partial charge is 0.357 e. The summed E-state index contributed by atoms with van der Waals surface area (Å²) >= 11 is 0. The number of nitrogens with zero attached hydrogens (tertiary/aromatic N) is 2. The van der Waals surface area contributed by atoms with E-state index >= 15 is 0 Å². The third-order valence-electron chi connectivity index (χ3n) is 4.32. The molecule has 0 radical (unpaired) electrons. The van der Waals surface area contributed by atoms with Gasteiger partial charge in [-0.1, -0.05) is 18.2 Å². The first-order chi connectivity index (χ1) is 9.86. The molecule has 1 saturated heterocycles. The van der Waals surface area contributed by atoms with E-state index in [0.717, 1.165) is 36.9 Å². The molecule has 1 aliphatic heterocycles. The first-order valence-electron chi connectivity index (χ1n) is 7.62. The van der Waals surface area contributed by atoms with Gasteiger partial charge in [0.2, 0.25) is 0 Å². The predicted octanol–water partition coefficient (Wildman–Crippen LogP) is 3.06. The van der Waals surface area contributed by atoms with Crippen LogP contribution >= 0.6 is 0 Å². The van der Waals surface area contributed by atoms with Crippen molar-refractivity contribution in [2.45, 2.75) is 19.3 Å². The minimum Gasteiger partial charge on any atom is -0.357 e. The van der Waals surface area contributed by atoms with E-state index in [2.05, 4.69) is 46.6 Å². The van der Waals surface area contributed by atoms with E-state index in [1.165, 1.54) is 24.6 Å². The van der Waals surface area contributed by atoms with E-state index in [0.29, 0.717) is 0 Å². The molecule has 0 atom stereocenters. The zero-order valence-corrected chi connectivity index (χ0v) is 12.2. The Kier molecular flexibility index (Phi) is 4.16. The van der Waals surface area contributed by atoms with Crippen molar-refractivity contribution in [2.75, 3.05) is 31.6 Å². The molecule has 2 heterocycles. The molecular weight excluding hydrogens is 246 g/mol. The van der Waals surface area contributed by atoms with E-state index in [4.69, 9.17) is 4.98 Å². The molecule has 3 nitrogen and oxygen atoms in total. The van der Waals surface area contributed by atoms with Crippen LogP contribution in [0.1, 0.15) is 19.3 Å². The molecule has 3 heteroatoms. The molecule has 3 rings (SSSR count). The third kappa shape index (κ3) is 2.93. The molecule has 1 aromatic carbocycles. The van der Waals surface area contributed by atoms with Gasteiger partial charge >= 0.3 is 0 Å². The zero-order chi connectivity index (χ0) is 13.8. The maximum Gasteiger partial charge on any atom is 0.129 e. The molecule has 1 N–H and O–H groups in total. The van der Waals surface area contributed by atoms with Crippen LogP contribution in [0.4, 0.5) is 5.82 Å². The van der Waals surface area contributed by atoms with Crippen molar-refractivity contribution in [1.29, 1.82) is 0 Å². The number of fused-ring (bicyclic) bond motifs is 1. The highest BCUT2D eigenvalue weighted by Gasteiger charge is 2.19. The topological polar surface area (TPSA) is 28.2 Å². The Bertz CT molecular complexity index is 559. The Morgan fingerprint density at radius 3 is 2.75 bits per heavy atom. The summed E-state index contributed by atoms with van der Waals surface area (Å²) in [5, 5.41) is 4.47. The SMILES string of the molecule is CNCCC1CCN(c2ccc3ccccc3n2)CC1. The number of aromatic nitrogens is 1. The number of pyridine rings is 1. The van der Waals surface area contributed by atoms with Gasteiger partial charge in [0.15, 0.2) is 0 Å². The van der Waals surface area contributed by atoms with Crippen molar-refractivity contribution in [3.8, 4) is 0 Å². The van der Waals surface area contributed by atoms with Gasteiger partial charge < -0.3 is 10.2 Å². The van der Waals surface area contributed by atoms with Crippen molar-refractivity contribution in [3.05, 3.63) is 36.4 Å². The lowest BCUT2D eigenvalue weighted by Gasteiger charge is -2.33. The number of anilines is 1. The van der Waals surface area contributed by atoms with Crippen molar-refractivity contribution in [1.82, 2.24) is 10.3 Å². The van der Waals surface area contributed by atoms with Crippen LogP contribution in [0.5, 0.6) is 0 Å². The van der Waals surface area contributed by atoms with Crippen LogP contribution in [-0.4, -0.2) is 31.7 Å². The molecule has 0 unspecified atom stereocenters. The lowest BCUT2D eigenvalue weighted by atomic mass is 9.93. The van der Waals surface area contributed by atoms with Gasteiger partial charge in [-0.25, -0.2) is 4.98 Å². The van der Waals surface area contributed by atoms with Gasteiger partial charge in [0.1, 0.15) is 5.82 Å². The van der Waals surface area contributed by atoms with Gasteiger partial charge in [-0.05, 0) is 57.0 Å². The third-order valence-corrected chi connectivity index (χ3v) is 4.32. The maximum absolute atomic E-state index is 4.80. The minimum absolute atomic E-state index is 0.874. The van der Waals surface area contributed by atoms with Crippen LogP contribution < -0.4 is 10.2 Å². The van der Waals surface area contributed by atoms with E-state index in [1.54, 1.807) is 0 Å². The van der Waals surface area contributed by atoms with Crippen molar-refractivity contribution < 1.29 is 0 Å². The number of rotatable bonds is 4. The van der Waals surface area contributed by atoms with Crippen LogP contribution in [0.3, 0.4) is 0 Å². The molecule has 1 aromatic heterocycles. The smallest absolute Gasteiger partial charge is 0.129 e. The predicted molar refractivity (Wildman–Crippen MR) is 85.2 cm³/mol. The highest BCUT2D eigenvalue weighted by atomic mass is 15.2. The minimum atomic E-state index is 0.874. The average Bonchev–Trinajstić information content (AvgIpc) is 2.53. The lowest BCUT2D eigenvalue weighted by molar-refractivity contribution is 0.377. The lowest BCUT2D eigenvalue weighted by Crippen LogP contribution is -2.35. The first-order valence-corrected chi connectivity index (χ1v) is 7.62. The number of piperidine rings is 1. The summed E-state index contributed by atoms with van der Waals surface area (Å²) in [5.74, 6) is 2.01. The number of hydrogen-bond donors (Lipinski definition) is 1. The second-order valence-electron chi connectivity index (χ2n) is 5.68. The van der Waals surface area contributed by atoms with E-state index in [-0.39, 0.29) is 0 Å². The van der Waals surface area contributed by atoms with Crippen molar-refractivity contribution in [3.63, 3.8) is 0 Å². The standard InChI is InChI=1S/C17H23N3/c1-18-11-8-14-9-12-20(13-10-14)17-7-6-15-4-2-3-5-16(15)19-17/h2-7,14,18H,8-13H2,1H3. The highest BCUT2D eigenvalue weighted by Crippen LogP contribution is 2.25. The van der Waals surface area contributed by atoms with E-state index < -0.39 is 0 Å². The molecule has 0 saturated carbocycles. The fraction of sp³-hybridized carbons (Fsp3) is 0.471. The zero-order valence-electron chi connectivity index (χ0n) is 12.2. The summed E-state index contributed by atoms with van der Waals surface area (Å²) in [6.45, 7) is 3.42. The van der Waals surface area contributed by atoms with E-state index in [9.17, 15) is 0 Å². The summed E-state index contributed by atoms with van der Waals surface area (Å²) in [6, 6.07) is 12.7. The Morgan fingerprint density at radius 2 is 1.95 bits per heavy atom. The Hall–Kier alpha value is -1.61. The van der Waals surface area contributed by atoms with Gasteiger partial charge in [0.25, 0.3) is 0 Å². The Balaban J connectivity index is 1.67.